The van der Waals surface area contributed by atoms with Crippen LogP contribution in [0.25, 0.3) is 11.2 Å². The Hall–Kier alpha value is -5.46. The van der Waals surface area contributed by atoms with Gasteiger partial charge in [-0.25, -0.2) is 15.0 Å². The normalized spacial score (nSPS) is 18.8. The van der Waals surface area contributed by atoms with E-state index in [1.165, 1.54) is 18.1 Å². The molecule has 75 heavy (non-hydrogen) atoms. The lowest BCUT2D eigenvalue weighted by Crippen LogP contribution is -2.49. The highest BCUT2D eigenvalue weighted by Crippen LogP contribution is 2.59. The van der Waals surface area contributed by atoms with Crippen LogP contribution >= 0.6 is 30.6 Å². The quantitative estimate of drug-likeness (QED) is 0.0315. The molecule has 0 saturated carbocycles. The van der Waals surface area contributed by atoms with Crippen molar-refractivity contribution in [2.45, 2.75) is 81.9 Å². The highest BCUT2D eigenvalue weighted by atomic mass is 32.7. The van der Waals surface area contributed by atoms with Crippen molar-refractivity contribution >= 4 is 67.0 Å². The topological polar surface area (TPSA) is 148 Å². The minimum atomic E-state index is -2.63. The van der Waals surface area contributed by atoms with Gasteiger partial charge in [0.2, 0.25) is 5.12 Å². The summed E-state index contributed by atoms with van der Waals surface area (Å²) in [7, 11) is -0.625. The minimum Gasteiger partial charge on any atom is -0.497 e. The number of imidazole rings is 1. The van der Waals surface area contributed by atoms with Gasteiger partial charge in [-0.15, -0.1) is 0 Å². The number of amides is 1. The monoisotopic (exact) mass is 1080 g/mol. The number of nitrogens with zero attached hydrogens (tertiary/aromatic N) is 5. The van der Waals surface area contributed by atoms with Gasteiger partial charge in [-0.05, 0) is 84.1 Å². The van der Waals surface area contributed by atoms with E-state index in [2.05, 4.69) is 61.0 Å². The Balaban J connectivity index is 1.14. The summed E-state index contributed by atoms with van der Waals surface area (Å²) >= 11 is 3.08. The third-order valence-corrected chi connectivity index (χ3v) is 23.8. The Morgan fingerprint density at radius 3 is 1.89 bits per heavy atom. The largest absolute Gasteiger partial charge is 0.497 e. The smallest absolute Gasteiger partial charge is 0.256 e. The van der Waals surface area contributed by atoms with Crippen molar-refractivity contribution in [1.29, 1.82) is 0 Å². The Bertz CT molecular complexity index is 2940. The lowest BCUT2D eigenvalue weighted by atomic mass is 9.80. The van der Waals surface area contributed by atoms with Crippen LogP contribution in [0.4, 0.5) is 5.82 Å². The van der Waals surface area contributed by atoms with Gasteiger partial charge in [0.05, 0.1) is 27.2 Å². The van der Waals surface area contributed by atoms with E-state index < -0.39 is 46.0 Å². The average molecular weight is 1090 g/mol. The Kier molecular flexibility index (Phi) is 17.6. The number of thioether (sulfide) groups is 1. The number of rotatable bonds is 21. The zero-order valence-corrected chi connectivity index (χ0v) is 47.0. The summed E-state index contributed by atoms with van der Waals surface area (Å²) in [4.78, 5) is 40.9. The summed E-state index contributed by atoms with van der Waals surface area (Å²) in [6, 6.07) is 44.6. The molecule has 0 spiro atoms. The lowest BCUT2D eigenvalue weighted by molar-refractivity contribution is -0.0915. The maximum absolute atomic E-state index is 13.5. The van der Waals surface area contributed by atoms with Crippen LogP contribution in [0.1, 0.15) is 77.2 Å². The standard InChI is InChI=1S/C57H65N6O8PS2Si/c1-56(2,3)75(6,7)71-50-49(70-72(62-33-17-18-34-62)74-36-35-73-55(65)41-21-13-9-14-22-41)47(69-54(50)63-39-60-48-51(58-38-59-52(48)63)61-53(64)40-19-11-8-12-20-40)37-68-57(42-23-15-10-16-24-42,43-25-29-45(66-4)30-26-43)44-27-31-46(67-5)32-28-44/h8-16,19-32,38-39,47,49-50,54H,17-18,33-37H2,1-7H3,(H,58,59,61,64). The van der Waals surface area contributed by atoms with Crippen molar-refractivity contribution in [3.63, 3.8) is 0 Å². The van der Waals surface area contributed by atoms with E-state index in [9.17, 15) is 9.59 Å². The number of ether oxygens (including phenoxy) is 4. The molecule has 0 aliphatic carbocycles. The number of anilines is 1. The van der Waals surface area contributed by atoms with Gasteiger partial charge in [-0.3, -0.25) is 18.8 Å². The van der Waals surface area contributed by atoms with Gasteiger partial charge in [0.15, 0.2) is 39.0 Å². The molecular weight excluding hydrogens is 1020 g/mol. The third kappa shape index (κ3) is 12.2. The summed E-state index contributed by atoms with van der Waals surface area (Å²) in [5, 5.41) is 2.81. The zero-order chi connectivity index (χ0) is 52.6. The van der Waals surface area contributed by atoms with E-state index in [1.807, 2.05) is 120 Å². The van der Waals surface area contributed by atoms with Crippen LogP contribution in [0, 0.1) is 0 Å². The van der Waals surface area contributed by atoms with E-state index in [-0.39, 0.29) is 28.5 Å². The Labute approximate surface area is 450 Å². The van der Waals surface area contributed by atoms with Crippen molar-refractivity contribution < 1.29 is 37.5 Å². The first kappa shape index (κ1) is 54.3. The van der Waals surface area contributed by atoms with E-state index in [1.54, 1.807) is 44.1 Å². The number of aromatic nitrogens is 4. The molecule has 392 valence electrons. The van der Waals surface area contributed by atoms with Crippen LogP contribution in [0.15, 0.2) is 152 Å². The number of fused-ring (bicyclic) bond motifs is 1. The summed E-state index contributed by atoms with van der Waals surface area (Å²) < 4.78 is 46.1. The average Bonchev–Trinajstić information content (AvgIpc) is 4.21. The van der Waals surface area contributed by atoms with Crippen LogP contribution in [0.5, 0.6) is 11.5 Å². The molecule has 0 radical (unpaired) electrons. The van der Waals surface area contributed by atoms with Gasteiger partial charge in [0.1, 0.15) is 41.7 Å². The molecule has 5 unspecified atom stereocenters. The number of benzene rings is 5. The number of hydrogen-bond donors (Lipinski definition) is 1. The predicted octanol–water partition coefficient (Wildman–Crippen LogP) is 12.4. The fraction of sp³-hybridized carbons (Fsp3) is 0.351. The minimum absolute atomic E-state index is 0.0458. The number of methoxy groups -OCH3 is 2. The van der Waals surface area contributed by atoms with E-state index in [4.69, 9.17) is 37.9 Å². The second kappa shape index (κ2) is 24.3. The van der Waals surface area contributed by atoms with Gasteiger partial charge in [-0.2, -0.15) is 0 Å². The molecule has 1 amide bonds. The summed E-state index contributed by atoms with van der Waals surface area (Å²) in [5.41, 5.74) is 3.51. The van der Waals surface area contributed by atoms with Crippen molar-refractivity contribution in [3.05, 3.63) is 180 Å². The number of hydrogen-bond acceptors (Lipinski definition) is 14. The second-order valence-corrected chi connectivity index (χ2v) is 29.3. The molecule has 4 heterocycles. The van der Waals surface area contributed by atoms with Gasteiger partial charge in [-0.1, -0.05) is 147 Å². The molecule has 9 rings (SSSR count). The van der Waals surface area contributed by atoms with Gasteiger partial charge >= 0.3 is 0 Å². The molecule has 14 nitrogen and oxygen atoms in total. The molecule has 18 heteroatoms. The maximum atomic E-state index is 13.5. The van der Waals surface area contributed by atoms with Crippen LogP contribution in [0.2, 0.25) is 18.1 Å². The Morgan fingerprint density at radius 1 is 0.733 bits per heavy atom. The summed E-state index contributed by atoms with van der Waals surface area (Å²) in [5.74, 6) is 2.67. The number of carbonyl (C=O) groups is 2. The molecule has 2 aromatic heterocycles. The van der Waals surface area contributed by atoms with Gasteiger partial charge in [0, 0.05) is 35.7 Å². The van der Waals surface area contributed by atoms with Crippen molar-refractivity contribution in [2.75, 3.05) is 50.7 Å². The molecule has 2 aliphatic heterocycles. The van der Waals surface area contributed by atoms with E-state index in [0.717, 1.165) is 42.6 Å². The van der Waals surface area contributed by atoms with Crippen LogP contribution < -0.4 is 14.8 Å². The third-order valence-electron chi connectivity index (χ3n) is 14.1. The highest BCUT2D eigenvalue weighted by molar-refractivity contribution is 8.53. The zero-order valence-electron chi connectivity index (χ0n) is 43.5. The van der Waals surface area contributed by atoms with Gasteiger partial charge < -0.3 is 33.2 Å². The van der Waals surface area contributed by atoms with E-state index in [0.29, 0.717) is 45.3 Å². The molecule has 0 bridgehead atoms. The molecular formula is C57H65N6O8PS2Si. The molecule has 5 atom stereocenters. The summed E-state index contributed by atoms with van der Waals surface area (Å²) in [6.45, 7) is 13.0. The molecule has 2 saturated heterocycles. The predicted molar refractivity (Wildman–Crippen MR) is 302 cm³/mol. The fourth-order valence-corrected chi connectivity index (χ4v) is 15.7. The highest BCUT2D eigenvalue weighted by Gasteiger charge is 2.54. The molecule has 1 N–H and O–H groups in total. The molecule has 2 aliphatic rings. The SMILES string of the molecule is COc1ccc(C(OCC2OC(n3cnc4c(NC(=O)c5ccccc5)ncnc43)C(O[Si](C)(C)C(C)(C)C)C2OP(SCCSC(=O)c2ccccc2)N2CCCC2)(c2ccccc2)c2ccc(OC)cc2)cc1. The Morgan fingerprint density at radius 2 is 1.31 bits per heavy atom. The van der Waals surface area contributed by atoms with Crippen LogP contribution in [0.3, 0.4) is 0 Å². The first-order valence-electron chi connectivity index (χ1n) is 25.2. The van der Waals surface area contributed by atoms with Crippen molar-refractivity contribution in [2.24, 2.45) is 0 Å². The lowest BCUT2D eigenvalue weighted by Gasteiger charge is -2.41. The van der Waals surface area contributed by atoms with Crippen LogP contribution in [-0.2, 0) is 24.0 Å². The first-order chi connectivity index (χ1) is 36.3. The summed E-state index contributed by atoms with van der Waals surface area (Å²) in [6.07, 6.45) is 2.31. The molecule has 7 aromatic rings. The van der Waals surface area contributed by atoms with Crippen molar-refractivity contribution in [1.82, 2.24) is 24.2 Å². The molecule has 2 fully saturated rings. The van der Waals surface area contributed by atoms with Crippen LogP contribution in [-0.4, -0.2) is 107 Å². The second-order valence-electron chi connectivity index (χ2n) is 19.9. The number of carbonyl (C=O) groups excluding carboxylic acids is 2. The van der Waals surface area contributed by atoms with Crippen molar-refractivity contribution in [3.8, 4) is 11.5 Å². The maximum Gasteiger partial charge on any atom is 0.256 e. The van der Waals surface area contributed by atoms with E-state index >= 15 is 0 Å². The fourth-order valence-electron chi connectivity index (χ4n) is 9.07. The first-order valence-corrected chi connectivity index (χ1v) is 31.9. The molecule has 5 aromatic carbocycles. The number of nitrogens with one attached hydrogen (secondary N) is 1. The van der Waals surface area contributed by atoms with Gasteiger partial charge in [0.25, 0.3) is 5.91 Å².